The third-order valence-electron chi connectivity index (χ3n) is 17.8. The normalized spacial score (nSPS) is 19.6. The number of nitrogens with zero attached hydrogens (tertiary/aromatic N) is 2. The van der Waals surface area contributed by atoms with E-state index in [1.54, 1.807) is 5.56 Å². The highest BCUT2D eigenvalue weighted by Crippen LogP contribution is 2.60. The van der Waals surface area contributed by atoms with E-state index >= 15 is 0 Å². The molecule has 5 aliphatic carbocycles. The summed E-state index contributed by atoms with van der Waals surface area (Å²) in [6.45, 7) is 4.78. The predicted molar refractivity (Wildman–Crippen MR) is 315 cm³/mol. The molecule has 0 aliphatic heterocycles. The summed E-state index contributed by atoms with van der Waals surface area (Å²) in [6.07, 6.45) is 7.22. The summed E-state index contributed by atoms with van der Waals surface area (Å²) in [7, 11) is 0. The number of hydrogen-bond acceptors (Lipinski definition) is 2. The molecule has 10 aromatic carbocycles. The zero-order chi connectivity index (χ0) is 50.0. The molecule has 5 aliphatic rings. The third-order valence-corrected chi connectivity index (χ3v) is 17.8. The van der Waals surface area contributed by atoms with Gasteiger partial charge in [-0.3, -0.25) is 0 Å². The van der Waals surface area contributed by atoms with Crippen LogP contribution in [0.25, 0.3) is 55.6 Å². The molecule has 2 heteroatoms. The average molecular weight is 967 g/mol. The maximum Gasteiger partial charge on any atom is 0.0465 e. The summed E-state index contributed by atoms with van der Waals surface area (Å²) in [5.74, 6) is 4.35. The Morgan fingerprint density at radius 2 is 0.653 bits per heavy atom. The molecule has 0 heterocycles. The highest BCUT2D eigenvalue weighted by Gasteiger charge is 2.48. The molecule has 0 unspecified atom stereocenters. The highest BCUT2D eigenvalue weighted by atomic mass is 15.1. The van der Waals surface area contributed by atoms with Crippen molar-refractivity contribution in [3.63, 3.8) is 0 Å². The number of anilines is 6. The second-order valence-electron chi connectivity index (χ2n) is 22.6. The van der Waals surface area contributed by atoms with E-state index in [9.17, 15) is 0 Å². The SMILES string of the molecule is CC1(C)c2ccccc2-c2ccc(N(c3ccc(-c4cc(-c5ccccc5)c(-c5ccc(N(c6ccccc6)c6ccccc6)cc5)cc4-c4ccccc4)cc3)c3ccc(C4C5CC6CC(C5)CC4C6)cc3)cc21. The summed E-state index contributed by atoms with van der Waals surface area (Å²) in [5, 5.41) is 0. The van der Waals surface area contributed by atoms with E-state index < -0.39 is 0 Å². The summed E-state index contributed by atoms with van der Waals surface area (Å²) in [6, 6.07) is 92.6. The molecule has 4 fully saturated rings. The standard InChI is InChI=1S/C73H62N2/c1-73(2)70-26-16-15-25-64(70)65-40-39-63(46-71(65)73)75(62-37-31-55(32-38-62)72-56-42-49-41-50(44-56)45-57(72)43-49)61-35-29-54(30-36-61)69-48-66(51-17-7-3-8-18-51)68(47-67(69)52-19-9-4-10-20-52)53-27-33-60(34-28-53)74(58-21-11-5-12-22-58)59-23-13-6-14-24-59/h3-40,46-50,56-57,72H,41-45H2,1-2H3. The molecule has 15 rings (SSSR count). The van der Waals surface area contributed by atoms with Gasteiger partial charge in [0.05, 0.1) is 0 Å². The second kappa shape index (κ2) is 18.6. The van der Waals surface area contributed by atoms with Crippen LogP contribution in [0.5, 0.6) is 0 Å². The molecule has 2 nitrogen and oxygen atoms in total. The highest BCUT2D eigenvalue weighted by molar-refractivity contribution is 5.96. The van der Waals surface area contributed by atoms with Crippen LogP contribution in [0.4, 0.5) is 34.1 Å². The minimum Gasteiger partial charge on any atom is -0.311 e. The minimum atomic E-state index is -0.107. The van der Waals surface area contributed by atoms with Crippen LogP contribution in [-0.4, -0.2) is 0 Å². The van der Waals surface area contributed by atoms with Gasteiger partial charge in [-0.2, -0.15) is 0 Å². The molecule has 75 heavy (non-hydrogen) atoms. The fourth-order valence-corrected chi connectivity index (χ4v) is 14.6. The van der Waals surface area contributed by atoms with Crippen LogP contribution >= 0.6 is 0 Å². The largest absolute Gasteiger partial charge is 0.311 e. The third kappa shape index (κ3) is 8.10. The van der Waals surface area contributed by atoms with Gasteiger partial charge in [0.25, 0.3) is 0 Å². The lowest BCUT2D eigenvalue weighted by molar-refractivity contribution is -0.00277. The minimum absolute atomic E-state index is 0.107. The number of fused-ring (bicyclic) bond motifs is 3. The zero-order valence-electron chi connectivity index (χ0n) is 43.0. The van der Waals surface area contributed by atoms with Crippen LogP contribution in [0.2, 0.25) is 0 Å². The Balaban J connectivity index is 0.874. The van der Waals surface area contributed by atoms with Crippen molar-refractivity contribution in [3.8, 4) is 55.6 Å². The summed E-state index contributed by atoms with van der Waals surface area (Å²) in [4.78, 5) is 4.83. The molecule has 0 N–H and O–H groups in total. The average Bonchev–Trinajstić information content (AvgIpc) is 3.70. The topological polar surface area (TPSA) is 6.48 Å². The van der Waals surface area contributed by atoms with Gasteiger partial charge in [0.1, 0.15) is 0 Å². The molecule has 0 saturated heterocycles. The van der Waals surface area contributed by atoms with E-state index in [1.165, 1.54) is 110 Å². The molecule has 0 spiro atoms. The van der Waals surface area contributed by atoms with E-state index in [0.29, 0.717) is 5.92 Å². The van der Waals surface area contributed by atoms with Crippen LogP contribution in [0.3, 0.4) is 0 Å². The van der Waals surface area contributed by atoms with Crippen LogP contribution in [0.1, 0.15) is 68.6 Å². The van der Waals surface area contributed by atoms with Crippen molar-refractivity contribution >= 4 is 34.1 Å². The first-order chi connectivity index (χ1) is 36.9. The molecule has 0 aromatic heterocycles. The number of rotatable bonds is 11. The Kier molecular flexibility index (Phi) is 11.3. The molecular weight excluding hydrogens is 905 g/mol. The van der Waals surface area contributed by atoms with Crippen molar-refractivity contribution in [2.24, 2.45) is 23.7 Å². The van der Waals surface area contributed by atoms with E-state index in [-0.39, 0.29) is 5.41 Å². The Morgan fingerprint density at radius 1 is 0.293 bits per heavy atom. The predicted octanol–water partition coefficient (Wildman–Crippen LogP) is 20.1. The van der Waals surface area contributed by atoms with Crippen LogP contribution in [-0.2, 0) is 5.41 Å². The smallest absolute Gasteiger partial charge is 0.0465 e. The first-order valence-corrected chi connectivity index (χ1v) is 27.5. The monoisotopic (exact) mass is 966 g/mol. The number of hydrogen-bond donors (Lipinski definition) is 0. The molecule has 4 saturated carbocycles. The lowest BCUT2D eigenvalue weighted by atomic mass is 9.51. The molecule has 10 aromatic rings. The lowest BCUT2D eigenvalue weighted by Crippen LogP contribution is -2.43. The summed E-state index contributed by atoms with van der Waals surface area (Å²) in [5.41, 5.74) is 23.4. The van der Waals surface area contributed by atoms with Crippen LogP contribution < -0.4 is 9.80 Å². The first-order valence-electron chi connectivity index (χ1n) is 27.5. The van der Waals surface area contributed by atoms with Crippen molar-refractivity contribution < 1.29 is 0 Å². The summed E-state index contributed by atoms with van der Waals surface area (Å²) < 4.78 is 0. The quantitative estimate of drug-likeness (QED) is 0.127. The van der Waals surface area contributed by atoms with Crippen molar-refractivity contribution in [3.05, 3.63) is 265 Å². The van der Waals surface area contributed by atoms with Crippen LogP contribution in [0, 0.1) is 23.7 Å². The number of benzene rings is 10. The van der Waals surface area contributed by atoms with Gasteiger partial charge >= 0.3 is 0 Å². The molecule has 364 valence electrons. The van der Waals surface area contributed by atoms with Crippen molar-refractivity contribution in [1.29, 1.82) is 0 Å². The Hall–Kier alpha value is -8.20. The van der Waals surface area contributed by atoms with Gasteiger partial charge in [-0.05, 0) is 219 Å². The fraction of sp³-hybridized carbons (Fsp3) is 0.178. The van der Waals surface area contributed by atoms with Crippen LogP contribution in [0.15, 0.2) is 249 Å². The Labute approximate surface area is 443 Å². The molecule has 0 radical (unpaired) electrons. The van der Waals surface area contributed by atoms with Gasteiger partial charge in [-0.25, -0.2) is 0 Å². The molecule has 0 amide bonds. The fourth-order valence-electron chi connectivity index (χ4n) is 14.6. The van der Waals surface area contributed by atoms with E-state index in [4.69, 9.17) is 0 Å². The maximum atomic E-state index is 2.50. The van der Waals surface area contributed by atoms with Gasteiger partial charge in [0.15, 0.2) is 0 Å². The molecular formula is C73H62N2. The molecule has 0 atom stereocenters. The van der Waals surface area contributed by atoms with Crippen molar-refractivity contribution in [2.75, 3.05) is 9.80 Å². The van der Waals surface area contributed by atoms with E-state index in [2.05, 4.69) is 272 Å². The molecule has 4 bridgehead atoms. The van der Waals surface area contributed by atoms with E-state index in [1.807, 2.05) is 0 Å². The van der Waals surface area contributed by atoms with E-state index in [0.717, 1.165) is 46.4 Å². The van der Waals surface area contributed by atoms with Gasteiger partial charge in [-0.1, -0.05) is 178 Å². The lowest BCUT2D eigenvalue weighted by Gasteiger charge is -2.54. The number of para-hydroxylation sites is 2. The van der Waals surface area contributed by atoms with Crippen molar-refractivity contribution in [2.45, 2.75) is 57.3 Å². The maximum absolute atomic E-state index is 2.50. The Bertz CT molecular complexity index is 3590. The van der Waals surface area contributed by atoms with Gasteiger partial charge < -0.3 is 9.80 Å². The van der Waals surface area contributed by atoms with Crippen molar-refractivity contribution in [1.82, 2.24) is 0 Å². The first kappa shape index (κ1) is 45.4. The van der Waals surface area contributed by atoms with Gasteiger partial charge in [-0.15, -0.1) is 0 Å². The van der Waals surface area contributed by atoms with Gasteiger partial charge in [0.2, 0.25) is 0 Å². The summed E-state index contributed by atoms with van der Waals surface area (Å²) >= 11 is 0. The Morgan fingerprint density at radius 3 is 1.13 bits per heavy atom. The zero-order valence-corrected chi connectivity index (χ0v) is 43.0. The second-order valence-corrected chi connectivity index (χ2v) is 22.6. The van der Waals surface area contributed by atoms with Gasteiger partial charge in [0, 0.05) is 39.5 Å².